The Morgan fingerprint density at radius 3 is 2.95 bits per heavy atom. The standard InChI is InChI=1S/C13H21N3O4/c1-2-20-13(19)11(14)12(18)16-6-5-9-8(7-16)3-4-10(17)15-9/h8-9,11H,2-7,14H2,1H3,(H,15,17). The number of ether oxygens (including phenoxy) is 1. The van der Waals surface area contributed by atoms with Gasteiger partial charge in [-0.1, -0.05) is 0 Å². The Bertz CT molecular complexity index is 412. The Kier molecular flexibility index (Phi) is 4.59. The van der Waals surface area contributed by atoms with Crippen molar-refractivity contribution in [1.82, 2.24) is 10.2 Å². The molecule has 2 aliphatic heterocycles. The Morgan fingerprint density at radius 1 is 1.50 bits per heavy atom. The fourth-order valence-electron chi connectivity index (χ4n) is 2.84. The van der Waals surface area contributed by atoms with Gasteiger partial charge in [-0.25, -0.2) is 4.79 Å². The van der Waals surface area contributed by atoms with E-state index in [2.05, 4.69) is 5.32 Å². The number of fused-ring (bicyclic) bond motifs is 1. The zero-order chi connectivity index (χ0) is 14.7. The summed E-state index contributed by atoms with van der Waals surface area (Å²) >= 11 is 0. The van der Waals surface area contributed by atoms with E-state index in [1.165, 1.54) is 0 Å². The number of piperidine rings is 2. The van der Waals surface area contributed by atoms with Crippen LogP contribution in [0.5, 0.6) is 0 Å². The van der Waals surface area contributed by atoms with E-state index in [9.17, 15) is 14.4 Å². The highest BCUT2D eigenvalue weighted by Crippen LogP contribution is 2.25. The van der Waals surface area contributed by atoms with Gasteiger partial charge in [0.2, 0.25) is 5.91 Å². The molecule has 0 aliphatic carbocycles. The van der Waals surface area contributed by atoms with Crippen LogP contribution in [-0.4, -0.2) is 54.5 Å². The van der Waals surface area contributed by atoms with Crippen LogP contribution in [0.15, 0.2) is 0 Å². The second kappa shape index (κ2) is 6.21. The van der Waals surface area contributed by atoms with Crippen molar-refractivity contribution in [3.8, 4) is 0 Å². The average Bonchev–Trinajstić information content (AvgIpc) is 2.45. The maximum atomic E-state index is 12.2. The summed E-state index contributed by atoms with van der Waals surface area (Å²) in [6.07, 6.45) is 1.97. The van der Waals surface area contributed by atoms with Crippen molar-refractivity contribution in [3.05, 3.63) is 0 Å². The maximum absolute atomic E-state index is 12.2. The van der Waals surface area contributed by atoms with Crippen molar-refractivity contribution in [1.29, 1.82) is 0 Å². The number of nitrogens with zero attached hydrogens (tertiary/aromatic N) is 1. The van der Waals surface area contributed by atoms with Crippen molar-refractivity contribution in [2.24, 2.45) is 11.7 Å². The van der Waals surface area contributed by atoms with Crippen molar-refractivity contribution in [3.63, 3.8) is 0 Å². The van der Waals surface area contributed by atoms with E-state index in [1.807, 2.05) is 0 Å². The molecule has 0 radical (unpaired) electrons. The first-order chi connectivity index (χ1) is 9.52. The smallest absolute Gasteiger partial charge is 0.332 e. The minimum absolute atomic E-state index is 0.0780. The molecule has 0 aromatic heterocycles. The molecule has 3 atom stereocenters. The van der Waals surface area contributed by atoms with E-state index < -0.39 is 12.0 Å². The minimum atomic E-state index is -1.25. The summed E-state index contributed by atoms with van der Waals surface area (Å²) in [5.41, 5.74) is 5.63. The fourth-order valence-corrected chi connectivity index (χ4v) is 2.84. The quantitative estimate of drug-likeness (QED) is 0.511. The maximum Gasteiger partial charge on any atom is 0.332 e. The number of carbonyl (C=O) groups is 3. The topological polar surface area (TPSA) is 102 Å². The van der Waals surface area contributed by atoms with Crippen LogP contribution >= 0.6 is 0 Å². The third-order valence-electron chi connectivity index (χ3n) is 3.94. The Morgan fingerprint density at radius 2 is 2.25 bits per heavy atom. The highest BCUT2D eigenvalue weighted by atomic mass is 16.5. The second-order valence-corrected chi connectivity index (χ2v) is 5.28. The van der Waals surface area contributed by atoms with Crippen molar-refractivity contribution < 1.29 is 19.1 Å². The predicted octanol–water partition coefficient (Wildman–Crippen LogP) is -0.996. The number of likely N-dealkylation sites (tertiary alicyclic amines) is 1. The van der Waals surface area contributed by atoms with Crippen molar-refractivity contribution >= 4 is 17.8 Å². The molecule has 20 heavy (non-hydrogen) atoms. The molecular weight excluding hydrogens is 262 g/mol. The van der Waals surface area contributed by atoms with Gasteiger partial charge < -0.3 is 20.7 Å². The number of esters is 1. The van der Waals surface area contributed by atoms with Gasteiger partial charge in [0.15, 0.2) is 6.04 Å². The van der Waals surface area contributed by atoms with E-state index >= 15 is 0 Å². The first-order valence-corrected chi connectivity index (χ1v) is 7.03. The van der Waals surface area contributed by atoms with Crippen LogP contribution in [0.2, 0.25) is 0 Å². The van der Waals surface area contributed by atoms with Gasteiger partial charge in [-0.3, -0.25) is 9.59 Å². The largest absolute Gasteiger partial charge is 0.464 e. The van der Waals surface area contributed by atoms with Gasteiger partial charge in [0, 0.05) is 25.6 Å². The lowest BCUT2D eigenvalue weighted by Crippen LogP contribution is -2.58. The van der Waals surface area contributed by atoms with E-state index in [0.717, 1.165) is 6.42 Å². The fraction of sp³-hybridized carbons (Fsp3) is 0.769. The number of hydrogen-bond donors (Lipinski definition) is 2. The number of carbonyl (C=O) groups excluding carboxylic acids is 3. The Labute approximate surface area is 117 Å². The van der Waals surface area contributed by atoms with Crippen molar-refractivity contribution in [2.45, 2.75) is 38.3 Å². The van der Waals surface area contributed by atoms with Gasteiger partial charge in [-0.05, 0) is 25.7 Å². The molecule has 2 heterocycles. The summed E-state index contributed by atoms with van der Waals surface area (Å²) < 4.78 is 4.77. The number of amides is 2. The molecule has 0 aromatic carbocycles. The van der Waals surface area contributed by atoms with Gasteiger partial charge in [-0.2, -0.15) is 0 Å². The van der Waals surface area contributed by atoms with Gasteiger partial charge in [-0.15, -0.1) is 0 Å². The molecule has 2 saturated heterocycles. The Balaban J connectivity index is 1.92. The molecule has 0 bridgehead atoms. The number of nitrogens with two attached hydrogens (primary N) is 1. The zero-order valence-corrected chi connectivity index (χ0v) is 11.6. The lowest BCUT2D eigenvalue weighted by molar-refractivity contribution is -0.151. The van der Waals surface area contributed by atoms with Crippen LogP contribution in [-0.2, 0) is 19.1 Å². The first kappa shape index (κ1) is 14.8. The number of nitrogens with one attached hydrogen (secondary N) is 1. The molecule has 7 heteroatoms. The molecular formula is C13H21N3O4. The molecule has 0 spiro atoms. The molecule has 112 valence electrons. The van der Waals surface area contributed by atoms with Crippen LogP contribution < -0.4 is 11.1 Å². The molecule has 2 aliphatic rings. The third kappa shape index (κ3) is 3.09. The van der Waals surface area contributed by atoms with Gasteiger partial charge in [0.25, 0.3) is 5.91 Å². The van der Waals surface area contributed by atoms with E-state index in [-0.39, 0.29) is 30.4 Å². The predicted molar refractivity (Wildman–Crippen MR) is 70.5 cm³/mol. The summed E-state index contributed by atoms with van der Waals surface area (Å²) in [7, 11) is 0. The van der Waals surface area contributed by atoms with Crippen molar-refractivity contribution in [2.75, 3.05) is 19.7 Å². The lowest BCUT2D eigenvalue weighted by Gasteiger charge is -2.41. The zero-order valence-electron chi connectivity index (χ0n) is 11.6. The summed E-state index contributed by atoms with van der Waals surface area (Å²) in [6, 6.07) is -1.11. The van der Waals surface area contributed by atoms with Gasteiger partial charge in [0.05, 0.1) is 6.61 Å². The SMILES string of the molecule is CCOC(=O)C(N)C(=O)N1CCC2NC(=O)CCC2C1. The summed E-state index contributed by atoms with van der Waals surface area (Å²) in [6.45, 7) is 2.92. The third-order valence-corrected chi connectivity index (χ3v) is 3.94. The normalized spacial score (nSPS) is 27.3. The molecule has 7 nitrogen and oxygen atoms in total. The lowest BCUT2D eigenvalue weighted by atomic mass is 9.85. The average molecular weight is 283 g/mol. The minimum Gasteiger partial charge on any atom is -0.464 e. The molecule has 3 N–H and O–H groups in total. The van der Waals surface area contributed by atoms with Gasteiger partial charge >= 0.3 is 5.97 Å². The number of hydrogen-bond acceptors (Lipinski definition) is 5. The van der Waals surface area contributed by atoms with Crippen LogP contribution in [0.25, 0.3) is 0 Å². The molecule has 2 fully saturated rings. The van der Waals surface area contributed by atoms with Crippen LogP contribution in [0, 0.1) is 5.92 Å². The van der Waals surface area contributed by atoms with Gasteiger partial charge in [0.1, 0.15) is 0 Å². The van der Waals surface area contributed by atoms with Crippen LogP contribution in [0.3, 0.4) is 0 Å². The van der Waals surface area contributed by atoms with E-state index in [0.29, 0.717) is 25.9 Å². The molecule has 3 unspecified atom stereocenters. The second-order valence-electron chi connectivity index (χ2n) is 5.28. The molecule has 2 rings (SSSR count). The highest BCUT2D eigenvalue weighted by molar-refractivity contribution is 6.01. The van der Waals surface area contributed by atoms with E-state index in [1.54, 1.807) is 11.8 Å². The van der Waals surface area contributed by atoms with Crippen LogP contribution in [0.1, 0.15) is 26.2 Å². The monoisotopic (exact) mass is 283 g/mol. The summed E-state index contributed by atoms with van der Waals surface area (Å²) in [5.74, 6) is -0.746. The Hall–Kier alpha value is -1.63. The number of rotatable bonds is 3. The van der Waals surface area contributed by atoms with E-state index in [4.69, 9.17) is 10.5 Å². The summed E-state index contributed by atoms with van der Waals surface area (Å²) in [4.78, 5) is 36.6. The summed E-state index contributed by atoms with van der Waals surface area (Å²) in [5, 5.41) is 2.95. The molecule has 0 saturated carbocycles. The highest BCUT2D eigenvalue weighted by Gasteiger charge is 2.37. The molecule has 0 aromatic rings. The van der Waals surface area contributed by atoms with Crippen LogP contribution in [0.4, 0.5) is 0 Å². The first-order valence-electron chi connectivity index (χ1n) is 7.03. The molecule has 2 amide bonds.